The number of amides is 2. The Morgan fingerprint density at radius 2 is 1.93 bits per heavy atom. The Morgan fingerprint density at radius 3 is 2.44 bits per heavy atom. The molecule has 8 nitrogen and oxygen atoms in total. The van der Waals surface area contributed by atoms with Crippen LogP contribution in [0.1, 0.15) is 50.6 Å². The molecule has 2 heterocycles. The van der Waals surface area contributed by atoms with Gasteiger partial charge in [-0.2, -0.15) is 5.10 Å². The fraction of sp³-hybridized carbons (Fsp3) is 0.722. The van der Waals surface area contributed by atoms with Crippen LogP contribution in [0.15, 0.2) is 4.99 Å². The molecule has 2 rings (SSSR count). The summed E-state index contributed by atoms with van der Waals surface area (Å²) < 4.78 is 1.98. The van der Waals surface area contributed by atoms with E-state index in [0.717, 1.165) is 43.9 Å². The van der Waals surface area contributed by atoms with E-state index in [1.54, 1.807) is 4.90 Å². The molecule has 4 N–H and O–H groups in total. The summed E-state index contributed by atoms with van der Waals surface area (Å²) in [6, 6.07) is -0.0339. The number of primary amides is 1. The van der Waals surface area contributed by atoms with E-state index in [2.05, 4.69) is 36.5 Å². The van der Waals surface area contributed by atoms with Gasteiger partial charge in [0.25, 0.3) is 0 Å². The van der Waals surface area contributed by atoms with Crippen molar-refractivity contribution < 1.29 is 4.79 Å². The van der Waals surface area contributed by atoms with Crippen molar-refractivity contribution in [2.45, 2.75) is 59.0 Å². The van der Waals surface area contributed by atoms with E-state index in [1.807, 2.05) is 11.7 Å². The van der Waals surface area contributed by atoms with Crippen LogP contribution in [0.2, 0.25) is 0 Å². The number of likely N-dealkylation sites (tertiary alicyclic amines) is 1. The number of piperidine rings is 1. The van der Waals surface area contributed by atoms with Gasteiger partial charge in [0, 0.05) is 44.0 Å². The van der Waals surface area contributed by atoms with Crippen LogP contribution in [0.5, 0.6) is 0 Å². The number of aromatic nitrogens is 2. The number of urea groups is 1. The highest BCUT2D eigenvalue weighted by molar-refractivity contribution is 14.0. The molecule has 27 heavy (non-hydrogen) atoms. The summed E-state index contributed by atoms with van der Waals surface area (Å²) in [5, 5.41) is 11.4. The lowest BCUT2D eigenvalue weighted by atomic mass is 10.1. The van der Waals surface area contributed by atoms with Gasteiger partial charge in [0.2, 0.25) is 0 Å². The number of aryl methyl sites for hydroxylation is 2. The van der Waals surface area contributed by atoms with E-state index in [0.29, 0.717) is 25.7 Å². The lowest BCUT2D eigenvalue weighted by Crippen LogP contribution is -2.50. The Bertz CT molecular complexity index is 636. The predicted molar refractivity (Wildman–Crippen MR) is 120 cm³/mol. The van der Waals surface area contributed by atoms with Gasteiger partial charge in [-0.25, -0.2) is 9.79 Å². The number of aliphatic imine (C=N–C) groups is 1. The van der Waals surface area contributed by atoms with Crippen molar-refractivity contribution in [1.82, 2.24) is 25.3 Å². The van der Waals surface area contributed by atoms with E-state index in [9.17, 15) is 4.79 Å². The predicted octanol–water partition coefficient (Wildman–Crippen LogP) is 1.76. The molecule has 9 heteroatoms. The number of rotatable bonds is 6. The summed E-state index contributed by atoms with van der Waals surface area (Å²) in [6.45, 7) is 9.15. The average molecular weight is 491 g/mol. The Kier molecular flexibility index (Phi) is 9.89. The summed E-state index contributed by atoms with van der Waals surface area (Å²) in [5.41, 5.74) is 8.96. The van der Waals surface area contributed by atoms with Crippen molar-refractivity contribution in [2.24, 2.45) is 17.8 Å². The number of nitrogens with two attached hydrogens (primary N) is 1. The third-order valence-corrected chi connectivity index (χ3v) is 4.91. The van der Waals surface area contributed by atoms with E-state index in [1.165, 1.54) is 11.3 Å². The van der Waals surface area contributed by atoms with Crippen LogP contribution in [-0.4, -0.2) is 52.3 Å². The summed E-state index contributed by atoms with van der Waals surface area (Å²) in [5.74, 6) is 0.818. The summed E-state index contributed by atoms with van der Waals surface area (Å²) >= 11 is 0. The molecule has 0 unspecified atom stereocenters. The molecule has 1 fully saturated rings. The summed E-state index contributed by atoms with van der Waals surface area (Å²) in [7, 11) is 2.00. The van der Waals surface area contributed by atoms with Gasteiger partial charge in [0.05, 0.1) is 12.2 Å². The molecular weight excluding hydrogens is 457 g/mol. The summed E-state index contributed by atoms with van der Waals surface area (Å²) in [4.78, 5) is 17.7. The standard InChI is InChI=1S/C18H33N7O.HI/c1-5-15-14(16(6-2)24(4)23-15)12-21-18(20-7-3)22-13-8-10-25(11-9-13)17(19)26;/h13H,5-12H2,1-4H3,(H2,19,26)(H2,20,21,22);1H. The maximum atomic E-state index is 11.3. The van der Waals surface area contributed by atoms with E-state index in [-0.39, 0.29) is 30.0 Å². The zero-order chi connectivity index (χ0) is 19.1. The number of hydrogen-bond acceptors (Lipinski definition) is 3. The first-order valence-electron chi connectivity index (χ1n) is 9.62. The quantitative estimate of drug-likeness (QED) is 0.321. The van der Waals surface area contributed by atoms with Crippen LogP contribution in [0.3, 0.4) is 0 Å². The van der Waals surface area contributed by atoms with Crippen molar-refractivity contribution in [3.05, 3.63) is 17.0 Å². The molecule has 154 valence electrons. The minimum atomic E-state index is -0.334. The molecule has 1 saturated heterocycles. The number of nitrogens with zero attached hydrogens (tertiary/aromatic N) is 4. The average Bonchev–Trinajstić information content (AvgIpc) is 2.95. The molecular formula is C18H34IN7O. The molecule has 0 atom stereocenters. The number of nitrogens with one attached hydrogen (secondary N) is 2. The third-order valence-electron chi connectivity index (χ3n) is 4.91. The third kappa shape index (κ3) is 6.25. The summed E-state index contributed by atoms with van der Waals surface area (Å²) in [6.07, 6.45) is 3.61. The maximum Gasteiger partial charge on any atom is 0.314 e. The highest BCUT2D eigenvalue weighted by atomic mass is 127. The van der Waals surface area contributed by atoms with Crippen LogP contribution in [0.25, 0.3) is 0 Å². The van der Waals surface area contributed by atoms with Crippen LogP contribution >= 0.6 is 24.0 Å². The van der Waals surface area contributed by atoms with Crippen molar-refractivity contribution in [3.8, 4) is 0 Å². The minimum Gasteiger partial charge on any atom is -0.357 e. The highest BCUT2D eigenvalue weighted by Crippen LogP contribution is 2.16. The van der Waals surface area contributed by atoms with E-state index >= 15 is 0 Å². The molecule has 0 saturated carbocycles. The monoisotopic (exact) mass is 491 g/mol. The van der Waals surface area contributed by atoms with Gasteiger partial charge in [-0.05, 0) is 32.6 Å². The smallest absolute Gasteiger partial charge is 0.314 e. The molecule has 0 aliphatic carbocycles. The minimum absolute atomic E-state index is 0. The number of hydrogen-bond donors (Lipinski definition) is 3. The number of halogens is 1. The second-order valence-corrected chi connectivity index (χ2v) is 6.64. The molecule has 1 aliphatic heterocycles. The highest BCUT2D eigenvalue weighted by Gasteiger charge is 2.22. The van der Waals surface area contributed by atoms with Crippen LogP contribution in [0.4, 0.5) is 4.79 Å². The molecule has 0 aromatic carbocycles. The van der Waals surface area contributed by atoms with Gasteiger partial charge in [-0.15, -0.1) is 24.0 Å². The number of guanidine groups is 1. The first kappa shape index (κ1) is 23.5. The van der Waals surface area contributed by atoms with E-state index < -0.39 is 0 Å². The van der Waals surface area contributed by atoms with Crippen molar-refractivity contribution in [3.63, 3.8) is 0 Å². The number of carbonyl (C=O) groups is 1. The largest absolute Gasteiger partial charge is 0.357 e. The van der Waals surface area contributed by atoms with Gasteiger partial charge >= 0.3 is 6.03 Å². The van der Waals surface area contributed by atoms with Crippen molar-refractivity contribution in [1.29, 1.82) is 0 Å². The first-order chi connectivity index (χ1) is 12.5. The molecule has 0 radical (unpaired) electrons. The zero-order valence-corrected chi connectivity index (χ0v) is 19.2. The lowest BCUT2D eigenvalue weighted by molar-refractivity contribution is 0.188. The molecule has 1 aromatic heterocycles. The van der Waals surface area contributed by atoms with Crippen molar-refractivity contribution in [2.75, 3.05) is 19.6 Å². The molecule has 1 aromatic rings. The topological polar surface area (TPSA) is 101 Å². The lowest BCUT2D eigenvalue weighted by Gasteiger charge is -2.32. The Labute approximate surface area is 179 Å². The van der Waals surface area contributed by atoms with Gasteiger partial charge in [0.15, 0.2) is 5.96 Å². The molecule has 1 aliphatic rings. The van der Waals surface area contributed by atoms with Gasteiger partial charge < -0.3 is 21.3 Å². The van der Waals surface area contributed by atoms with Gasteiger partial charge in [0.1, 0.15) is 0 Å². The second kappa shape index (κ2) is 11.4. The Morgan fingerprint density at radius 1 is 1.26 bits per heavy atom. The fourth-order valence-electron chi connectivity index (χ4n) is 3.49. The van der Waals surface area contributed by atoms with Gasteiger partial charge in [-0.3, -0.25) is 4.68 Å². The number of carbonyl (C=O) groups excluding carboxylic acids is 1. The van der Waals surface area contributed by atoms with Crippen LogP contribution in [0, 0.1) is 0 Å². The maximum absolute atomic E-state index is 11.3. The Hall–Kier alpha value is -1.52. The fourth-order valence-corrected chi connectivity index (χ4v) is 3.49. The second-order valence-electron chi connectivity index (χ2n) is 6.64. The van der Waals surface area contributed by atoms with Crippen molar-refractivity contribution >= 4 is 36.0 Å². The molecule has 0 spiro atoms. The van der Waals surface area contributed by atoms with Gasteiger partial charge in [-0.1, -0.05) is 13.8 Å². The Balaban J connectivity index is 0.00000364. The zero-order valence-electron chi connectivity index (χ0n) is 16.9. The first-order valence-corrected chi connectivity index (χ1v) is 9.62. The SMILES string of the molecule is CCNC(=NCc1c(CC)nn(C)c1CC)NC1CCN(C(N)=O)CC1.I. The van der Waals surface area contributed by atoms with Crippen LogP contribution < -0.4 is 16.4 Å². The molecule has 2 amide bonds. The normalized spacial score (nSPS) is 15.4. The molecule has 0 bridgehead atoms. The van der Waals surface area contributed by atoms with E-state index in [4.69, 9.17) is 10.7 Å². The van der Waals surface area contributed by atoms with Crippen LogP contribution in [-0.2, 0) is 26.4 Å².